The molecule has 2 N–H and O–H groups in total. The number of nitrogens with two attached hydrogens (primary N) is 1. The van der Waals surface area contributed by atoms with Crippen LogP contribution in [0.2, 0.25) is 0 Å². The zero-order valence-corrected chi connectivity index (χ0v) is 13.6. The van der Waals surface area contributed by atoms with Gasteiger partial charge in [0.25, 0.3) is 0 Å². The van der Waals surface area contributed by atoms with Gasteiger partial charge in [0.1, 0.15) is 0 Å². The quantitative estimate of drug-likeness (QED) is 0.841. The summed E-state index contributed by atoms with van der Waals surface area (Å²) >= 11 is 0. The van der Waals surface area contributed by atoms with Crippen LogP contribution in [0.25, 0.3) is 0 Å². The van der Waals surface area contributed by atoms with Crippen LogP contribution < -0.4 is 5.73 Å². The summed E-state index contributed by atoms with van der Waals surface area (Å²) < 4.78 is 0. The maximum absolute atomic E-state index is 12.5. The third-order valence-corrected chi connectivity index (χ3v) is 4.12. The Bertz CT molecular complexity index is 382. The number of nitrogens with zero attached hydrogens (tertiary/aromatic N) is 1. The molecule has 1 rings (SSSR count). The van der Waals surface area contributed by atoms with Crippen LogP contribution in [0, 0.1) is 5.41 Å². The van der Waals surface area contributed by atoms with Crippen molar-refractivity contribution in [2.45, 2.75) is 33.1 Å². The molecule has 0 saturated carbocycles. The summed E-state index contributed by atoms with van der Waals surface area (Å²) in [6, 6.07) is 10.2. The number of carbonyl (C=O) groups is 1. The predicted molar refractivity (Wildman–Crippen MR) is 87.1 cm³/mol. The lowest BCUT2D eigenvalue weighted by molar-refractivity contribution is -0.140. The van der Waals surface area contributed by atoms with E-state index < -0.39 is 0 Å². The Labute approximate surface area is 128 Å². The Kier molecular flexibility index (Phi) is 8.51. The zero-order valence-electron chi connectivity index (χ0n) is 12.8. The fraction of sp³-hybridized carbons (Fsp3) is 0.562. The van der Waals surface area contributed by atoms with Crippen molar-refractivity contribution in [2.75, 3.05) is 20.1 Å². The van der Waals surface area contributed by atoms with Crippen LogP contribution >= 0.6 is 12.4 Å². The number of likely N-dealkylation sites (N-methyl/N-ethyl adjacent to an activating group) is 1. The van der Waals surface area contributed by atoms with Crippen molar-refractivity contribution in [1.82, 2.24) is 4.90 Å². The second-order valence-corrected chi connectivity index (χ2v) is 5.15. The number of carbonyl (C=O) groups excluding carboxylic acids is 1. The molecule has 0 fully saturated rings. The van der Waals surface area contributed by atoms with E-state index in [0.29, 0.717) is 6.54 Å². The molecule has 0 aliphatic heterocycles. The van der Waals surface area contributed by atoms with Crippen molar-refractivity contribution < 1.29 is 4.79 Å². The van der Waals surface area contributed by atoms with Gasteiger partial charge in [-0.05, 0) is 24.8 Å². The Hall–Kier alpha value is -1.06. The molecule has 0 radical (unpaired) electrons. The normalized spacial score (nSPS) is 10.8. The Morgan fingerprint density at radius 1 is 1.20 bits per heavy atom. The molecular weight excluding hydrogens is 272 g/mol. The van der Waals surface area contributed by atoms with E-state index in [-0.39, 0.29) is 23.7 Å². The molecule has 0 aliphatic carbocycles. The minimum atomic E-state index is -0.383. The van der Waals surface area contributed by atoms with Crippen LogP contribution in [0.1, 0.15) is 32.3 Å². The summed E-state index contributed by atoms with van der Waals surface area (Å²) in [5.41, 5.74) is 6.70. The molecule has 1 aromatic carbocycles. The summed E-state index contributed by atoms with van der Waals surface area (Å²) in [6.45, 7) is 5.25. The summed E-state index contributed by atoms with van der Waals surface area (Å²) in [5.74, 6) is 0.177. The maximum atomic E-state index is 12.5. The second-order valence-electron chi connectivity index (χ2n) is 5.15. The monoisotopic (exact) mass is 298 g/mol. The van der Waals surface area contributed by atoms with Gasteiger partial charge in [-0.2, -0.15) is 0 Å². The van der Waals surface area contributed by atoms with Gasteiger partial charge in [0.2, 0.25) is 5.91 Å². The van der Waals surface area contributed by atoms with Gasteiger partial charge in [0.15, 0.2) is 0 Å². The summed E-state index contributed by atoms with van der Waals surface area (Å²) in [4.78, 5) is 14.4. The fourth-order valence-corrected chi connectivity index (χ4v) is 2.38. The van der Waals surface area contributed by atoms with E-state index in [1.165, 1.54) is 5.56 Å². The number of rotatable bonds is 7. The average molecular weight is 299 g/mol. The van der Waals surface area contributed by atoms with Crippen molar-refractivity contribution in [1.29, 1.82) is 0 Å². The molecule has 1 aromatic rings. The van der Waals surface area contributed by atoms with E-state index in [1.54, 1.807) is 0 Å². The van der Waals surface area contributed by atoms with Crippen molar-refractivity contribution >= 4 is 18.3 Å². The van der Waals surface area contributed by atoms with Gasteiger partial charge < -0.3 is 10.6 Å². The maximum Gasteiger partial charge on any atom is 0.229 e. The van der Waals surface area contributed by atoms with E-state index >= 15 is 0 Å². The van der Waals surface area contributed by atoms with Crippen molar-refractivity contribution in [3.63, 3.8) is 0 Å². The van der Waals surface area contributed by atoms with Gasteiger partial charge in [-0.25, -0.2) is 0 Å². The molecule has 0 bridgehead atoms. The van der Waals surface area contributed by atoms with Crippen LogP contribution in [0.3, 0.4) is 0 Å². The molecule has 0 aliphatic rings. The second kappa shape index (κ2) is 8.98. The van der Waals surface area contributed by atoms with E-state index in [1.807, 2.05) is 44.0 Å². The Morgan fingerprint density at radius 2 is 1.75 bits per heavy atom. The molecule has 0 saturated heterocycles. The first-order valence-electron chi connectivity index (χ1n) is 7.09. The molecule has 4 heteroatoms. The molecular formula is C16H27ClN2O. The van der Waals surface area contributed by atoms with Crippen LogP contribution in [0.5, 0.6) is 0 Å². The van der Waals surface area contributed by atoms with Crippen LogP contribution in [0.15, 0.2) is 30.3 Å². The fourth-order valence-electron chi connectivity index (χ4n) is 2.38. The van der Waals surface area contributed by atoms with Gasteiger partial charge in [0.05, 0.1) is 5.41 Å². The van der Waals surface area contributed by atoms with Crippen LogP contribution in [0.4, 0.5) is 0 Å². The summed E-state index contributed by atoms with van der Waals surface area (Å²) in [7, 11) is 1.88. The number of hydrogen-bond donors (Lipinski definition) is 1. The third kappa shape index (κ3) is 4.50. The lowest BCUT2D eigenvalue weighted by atomic mass is 9.81. The standard InChI is InChI=1S/C16H26N2O.ClH/c1-4-16(5-2,13-17)15(19)18(3)12-11-14-9-7-6-8-10-14;/h6-10H,4-5,11-13,17H2,1-3H3;1H. The van der Waals surface area contributed by atoms with E-state index in [2.05, 4.69) is 12.1 Å². The first-order valence-corrected chi connectivity index (χ1v) is 7.09. The molecule has 3 nitrogen and oxygen atoms in total. The molecule has 0 aromatic heterocycles. The lowest BCUT2D eigenvalue weighted by Crippen LogP contribution is -2.46. The molecule has 20 heavy (non-hydrogen) atoms. The van der Waals surface area contributed by atoms with E-state index in [9.17, 15) is 4.79 Å². The summed E-state index contributed by atoms with van der Waals surface area (Å²) in [6.07, 6.45) is 2.49. The molecule has 0 spiro atoms. The highest BCUT2D eigenvalue weighted by Gasteiger charge is 2.35. The molecule has 114 valence electrons. The Balaban J connectivity index is 0.00000361. The van der Waals surface area contributed by atoms with E-state index in [4.69, 9.17) is 5.73 Å². The van der Waals surface area contributed by atoms with Crippen molar-refractivity contribution in [2.24, 2.45) is 11.1 Å². The SMILES string of the molecule is CCC(CC)(CN)C(=O)N(C)CCc1ccccc1.Cl. The van der Waals surface area contributed by atoms with Crippen LogP contribution in [-0.2, 0) is 11.2 Å². The third-order valence-electron chi connectivity index (χ3n) is 4.12. The van der Waals surface area contributed by atoms with Gasteiger partial charge in [0, 0.05) is 20.1 Å². The highest BCUT2D eigenvalue weighted by atomic mass is 35.5. The number of halogens is 1. The van der Waals surface area contributed by atoms with Crippen molar-refractivity contribution in [3.8, 4) is 0 Å². The average Bonchev–Trinajstić information content (AvgIpc) is 2.48. The molecule has 0 heterocycles. The zero-order chi connectivity index (χ0) is 14.3. The highest BCUT2D eigenvalue weighted by molar-refractivity contribution is 5.85. The topological polar surface area (TPSA) is 46.3 Å². The smallest absolute Gasteiger partial charge is 0.229 e. The number of benzene rings is 1. The minimum absolute atomic E-state index is 0. The van der Waals surface area contributed by atoms with Crippen molar-refractivity contribution in [3.05, 3.63) is 35.9 Å². The number of amides is 1. The van der Waals surface area contributed by atoms with Crippen LogP contribution in [-0.4, -0.2) is 30.9 Å². The first kappa shape index (κ1) is 18.9. The van der Waals surface area contributed by atoms with Gasteiger partial charge in [-0.1, -0.05) is 44.2 Å². The van der Waals surface area contributed by atoms with Gasteiger partial charge in [-0.15, -0.1) is 12.4 Å². The number of hydrogen-bond acceptors (Lipinski definition) is 2. The minimum Gasteiger partial charge on any atom is -0.345 e. The van der Waals surface area contributed by atoms with Gasteiger partial charge >= 0.3 is 0 Å². The van der Waals surface area contributed by atoms with Gasteiger partial charge in [-0.3, -0.25) is 4.79 Å². The molecule has 0 atom stereocenters. The highest BCUT2D eigenvalue weighted by Crippen LogP contribution is 2.27. The Morgan fingerprint density at radius 3 is 2.20 bits per heavy atom. The largest absolute Gasteiger partial charge is 0.345 e. The summed E-state index contributed by atoms with van der Waals surface area (Å²) in [5, 5.41) is 0. The predicted octanol–water partition coefficient (Wildman–Crippen LogP) is 2.87. The first-order chi connectivity index (χ1) is 9.09. The molecule has 1 amide bonds. The molecule has 0 unspecified atom stereocenters. The lowest BCUT2D eigenvalue weighted by Gasteiger charge is -2.33. The van der Waals surface area contributed by atoms with E-state index in [0.717, 1.165) is 25.8 Å².